The lowest BCUT2D eigenvalue weighted by Gasteiger charge is -2.29. The second-order valence-electron chi connectivity index (χ2n) is 7.86. The first-order valence-corrected chi connectivity index (χ1v) is 8.90. The summed E-state index contributed by atoms with van der Waals surface area (Å²) in [5.41, 5.74) is 1.70. The summed E-state index contributed by atoms with van der Waals surface area (Å²) in [4.78, 5) is 11.6. The molecule has 25 heavy (non-hydrogen) atoms. The minimum absolute atomic E-state index is 0.0929. The Hall–Kier alpha value is -2.21. The summed E-state index contributed by atoms with van der Waals surface area (Å²) in [5.74, 6) is 2.59. The average molecular weight is 340 g/mol. The highest BCUT2D eigenvalue weighted by Crippen LogP contribution is 2.29. The molecule has 1 aliphatic heterocycles. The fourth-order valence-corrected chi connectivity index (χ4v) is 3.28. The molecule has 132 valence electrons. The third-order valence-electron chi connectivity index (χ3n) is 4.66. The van der Waals surface area contributed by atoms with Crippen LogP contribution in [0.2, 0.25) is 0 Å². The zero-order chi connectivity index (χ0) is 17.4. The van der Waals surface area contributed by atoms with Crippen LogP contribution < -0.4 is 0 Å². The van der Waals surface area contributed by atoms with E-state index in [1.54, 1.807) is 0 Å². The van der Waals surface area contributed by atoms with Gasteiger partial charge in [-0.3, -0.25) is 4.90 Å². The molecule has 0 N–H and O–H groups in total. The molecule has 3 heterocycles. The standard InChI is InChI=1S/C19H24N4O2/c1-19(2,3)18-21-16(25-22-18)12-23-10-6-7-13(11-23)17-20-14-8-4-5-9-15(14)24-17/h4-5,8-9,13H,6-7,10-12H2,1-3H3/t13-/m1/s1. The van der Waals surface area contributed by atoms with Crippen LogP contribution in [0, 0.1) is 0 Å². The molecule has 6 heteroatoms. The molecule has 1 aliphatic rings. The van der Waals surface area contributed by atoms with Crippen molar-refractivity contribution in [3.8, 4) is 0 Å². The van der Waals surface area contributed by atoms with Crippen molar-refractivity contribution in [2.24, 2.45) is 0 Å². The van der Waals surface area contributed by atoms with E-state index in [0.717, 1.165) is 48.7 Å². The van der Waals surface area contributed by atoms with Gasteiger partial charge < -0.3 is 8.94 Å². The highest BCUT2D eigenvalue weighted by atomic mass is 16.5. The van der Waals surface area contributed by atoms with Crippen molar-refractivity contribution >= 4 is 11.1 Å². The molecule has 0 bridgehead atoms. The maximum absolute atomic E-state index is 5.97. The Kier molecular flexibility index (Phi) is 4.07. The van der Waals surface area contributed by atoms with E-state index in [0.29, 0.717) is 18.4 Å². The summed E-state index contributed by atoms with van der Waals surface area (Å²) in [5, 5.41) is 4.12. The van der Waals surface area contributed by atoms with Crippen LogP contribution in [0.3, 0.4) is 0 Å². The van der Waals surface area contributed by atoms with Crippen LogP contribution in [0.4, 0.5) is 0 Å². The molecule has 0 saturated carbocycles. The molecule has 2 aromatic heterocycles. The Balaban J connectivity index is 1.46. The van der Waals surface area contributed by atoms with Crippen LogP contribution in [0.1, 0.15) is 57.1 Å². The second-order valence-corrected chi connectivity index (χ2v) is 7.86. The Morgan fingerprint density at radius 3 is 2.80 bits per heavy atom. The van der Waals surface area contributed by atoms with Gasteiger partial charge in [-0.1, -0.05) is 38.1 Å². The Bertz CT molecular complexity index is 829. The molecule has 0 amide bonds. The van der Waals surface area contributed by atoms with E-state index in [-0.39, 0.29) is 5.41 Å². The van der Waals surface area contributed by atoms with E-state index >= 15 is 0 Å². The van der Waals surface area contributed by atoms with E-state index in [1.807, 2.05) is 24.3 Å². The molecule has 6 nitrogen and oxygen atoms in total. The Morgan fingerprint density at radius 1 is 1.20 bits per heavy atom. The smallest absolute Gasteiger partial charge is 0.240 e. The van der Waals surface area contributed by atoms with Crippen LogP contribution in [0.5, 0.6) is 0 Å². The predicted octanol–water partition coefficient (Wildman–Crippen LogP) is 3.89. The number of likely N-dealkylation sites (tertiary alicyclic amines) is 1. The molecular weight excluding hydrogens is 316 g/mol. The molecule has 4 rings (SSSR count). The molecular formula is C19H24N4O2. The van der Waals surface area contributed by atoms with Gasteiger partial charge in [0.25, 0.3) is 0 Å². The predicted molar refractivity (Wildman–Crippen MR) is 94.3 cm³/mol. The summed E-state index contributed by atoms with van der Waals surface area (Å²) in [7, 11) is 0. The quantitative estimate of drug-likeness (QED) is 0.720. The third kappa shape index (κ3) is 3.44. The maximum Gasteiger partial charge on any atom is 0.240 e. The van der Waals surface area contributed by atoms with Crippen molar-refractivity contribution in [2.45, 2.75) is 51.5 Å². The SMILES string of the molecule is CC(C)(C)c1noc(CN2CCC[C@@H](c3nc4ccccc4o3)C2)n1. The zero-order valence-electron chi connectivity index (χ0n) is 15.0. The van der Waals surface area contributed by atoms with E-state index in [9.17, 15) is 0 Å². The van der Waals surface area contributed by atoms with Crippen molar-refractivity contribution in [1.29, 1.82) is 0 Å². The molecule has 0 spiro atoms. The molecule has 0 unspecified atom stereocenters. The first kappa shape index (κ1) is 16.3. The van der Waals surface area contributed by atoms with E-state index in [2.05, 4.69) is 40.8 Å². The fraction of sp³-hybridized carbons (Fsp3) is 0.526. The van der Waals surface area contributed by atoms with Gasteiger partial charge in [-0.2, -0.15) is 4.98 Å². The van der Waals surface area contributed by atoms with Crippen molar-refractivity contribution in [3.63, 3.8) is 0 Å². The number of benzene rings is 1. The number of rotatable bonds is 3. The summed E-state index contributed by atoms with van der Waals surface area (Å²) >= 11 is 0. The Labute approximate surface area is 147 Å². The van der Waals surface area contributed by atoms with Gasteiger partial charge in [0.15, 0.2) is 17.3 Å². The lowest BCUT2D eigenvalue weighted by atomic mass is 9.96. The number of fused-ring (bicyclic) bond motifs is 1. The van der Waals surface area contributed by atoms with Crippen LogP contribution in [0.15, 0.2) is 33.2 Å². The number of hydrogen-bond donors (Lipinski definition) is 0. The van der Waals surface area contributed by atoms with Gasteiger partial charge in [0.2, 0.25) is 5.89 Å². The number of aromatic nitrogens is 3. The molecule has 0 radical (unpaired) electrons. The van der Waals surface area contributed by atoms with Crippen molar-refractivity contribution in [1.82, 2.24) is 20.0 Å². The molecule has 0 aliphatic carbocycles. The average Bonchev–Trinajstić information content (AvgIpc) is 3.21. The van der Waals surface area contributed by atoms with Gasteiger partial charge in [0.05, 0.1) is 6.54 Å². The van der Waals surface area contributed by atoms with Crippen LogP contribution in [0.25, 0.3) is 11.1 Å². The first-order valence-electron chi connectivity index (χ1n) is 8.90. The lowest BCUT2D eigenvalue weighted by Crippen LogP contribution is -2.34. The van der Waals surface area contributed by atoms with Gasteiger partial charge in [0.1, 0.15) is 5.52 Å². The highest BCUT2D eigenvalue weighted by Gasteiger charge is 2.27. The van der Waals surface area contributed by atoms with Crippen LogP contribution >= 0.6 is 0 Å². The van der Waals surface area contributed by atoms with E-state index in [1.165, 1.54) is 0 Å². The van der Waals surface area contributed by atoms with Crippen molar-refractivity contribution < 1.29 is 8.94 Å². The summed E-state index contributed by atoms with van der Waals surface area (Å²) in [6.07, 6.45) is 2.21. The normalized spacial score (nSPS) is 19.6. The molecule has 3 aromatic rings. The summed E-state index contributed by atoms with van der Waals surface area (Å²) < 4.78 is 11.4. The van der Waals surface area contributed by atoms with Gasteiger partial charge in [-0.25, -0.2) is 4.98 Å². The lowest BCUT2D eigenvalue weighted by molar-refractivity contribution is 0.167. The number of nitrogens with zero attached hydrogens (tertiary/aromatic N) is 4. The van der Waals surface area contributed by atoms with Gasteiger partial charge in [-0.05, 0) is 31.5 Å². The van der Waals surface area contributed by atoms with Gasteiger partial charge in [-0.15, -0.1) is 0 Å². The van der Waals surface area contributed by atoms with E-state index in [4.69, 9.17) is 8.94 Å². The minimum Gasteiger partial charge on any atom is -0.440 e. The van der Waals surface area contributed by atoms with Gasteiger partial charge in [0, 0.05) is 17.9 Å². The van der Waals surface area contributed by atoms with Crippen LogP contribution in [-0.4, -0.2) is 33.1 Å². The summed E-state index contributed by atoms with van der Waals surface area (Å²) in [6.45, 7) is 8.88. The molecule has 1 atom stereocenters. The molecule has 1 aromatic carbocycles. The number of para-hydroxylation sites is 2. The van der Waals surface area contributed by atoms with Crippen molar-refractivity contribution in [2.75, 3.05) is 13.1 Å². The van der Waals surface area contributed by atoms with Crippen LogP contribution in [-0.2, 0) is 12.0 Å². The summed E-state index contributed by atoms with van der Waals surface area (Å²) in [6, 6.07) is 7.94. The number of hydrogen-bond acceptors (Lipinski definition) is 6. The first-order chi connectivity index (χ1) is 12.0. The maximum atomic E-state index is 5.97. The number of oxazole rings is 1. The number of piperidine rings is 1. The second kappa shape index (κ2) is 6.26. The fourth-order valence-electron chi connectivity index (χ4n) is 3.28. The monoisotopic (exact) mass is 340 g/mol. The van der Waals surface area contributed by atoms with Crippen molar-refractivity contribution in [3.05, 3.63) is 41.9 Å². The minimum atomic E-state index is -0.0929. The zero-order valence-corrected chi connectivity index (χ0v) is 15.0. The molecule has 1 fully saturated rings. The van der Waals surface area contributed by atoms with E-state index < -0.39 is 0 Å². The Morgan fingerprint density at radius 2 is 2.04 bits per heavy atom. The third-order valence-corrected chi connectivity index (χ3v) is 4.66. The molecule has 1 saturated heterocycles. The topological polar surface area (TPSA) is 68.2 Å². The van der Waals surface area contributed by atoms with Gasteiger partial charge >= 0.3 is 0 Å². The largest absolute Gasteiger partial charge is 0.440 e. The highest BCUT2D eigenvalue weighted by molar-refractivity contribution is 5.72.